The predicted molar refractivity (Wildman–Crippen MR) is 113 cm³/mol. The second-order valence-electron chi connectivity index (χ2n) is 8.57. The summed E-state index contributed by atoms with van der Waals surface area (Å²) in [6, 6.07) is 2.48. The number of carbonyl (C=O) groups is 1. The van der Waals surface area contributed by atoms with Crippen molar-refractivity contribution in [3.8, 4) is 0 Å². The largest absolute Gasteiger partial charge is 0.351 e. The first kappa shape index (κ1) is 20.2. The molecule has 0 atom stereocenters. The minimum Gasteiger partial charge on any atom is -0.351 e. The summed E-state index contributed by atoms with van der Waals surface area (Å²) in [7, 11) is 0. The number of hydrogen-bond acceptors (Lipinski definition) is 6. The van der Waals surface area contributed by atoms with Crippen LogP contribution in [0.4, 0.5) is 14.7 Å². The molecule has 3 heterocycles. The summed E-state index contributed by atoms with van der Waals surface area (Å²) in [6.45, 7) is 3.22. The Labute approximate surface area is 182 Å². The minimum atomic E-state index is -0.827. The molecule has 5 rings (SSSR count). The fourth-order valence-corrected chi connectivity index (χ4v) is 4.28. The summed E-state index contributed by atoms with van der Waals surface area (Å²) in [5.41, 5.74) is 2.96. The topological polar surface area (TPSA) is 99.7 Å². The number of amides is 1. The first-order valence-corrected chi connectivity index (χ1v) is 10.3. The van der Waals surface area contributed by atoms with Crippen LogP contribution in [-0.4, -0.2) is 55.3 Å². The molecule has 10 heteroatoms. The lowest BCUT2D eigenvalue weighted by Crippen LogP contribution is -2.59. The molecule has 164 valence electrons. The van der Waals surface area contributed by atoms with Crippen LogP contribution in [-0.2, 0) is 23.1 Å². The van der Waals surface area contributed by atoms with Crippen LogP contribution in [0.1, 0.15) is 29.3 Å². The Kier molecular flexibility index (Phi) is 4.91. The van der Waals surface area contributed by atoms with Gasteiger partial charge in [-0.05, 0) is 42.2 Å². The number of rotatable bonds is 5. The first-order valence-electron chi connectivity index (χ1n) is 10.3. The van der Waals surface area contributed by atoms with E-state index >= 15 is 0 Å². The molecule has 0 spiro atoms. The second kappa shape index (κ2) is 7.77. The molecule has 8 nitrogen and oxygen atoms in total. The van der Waals surface area contributed by atoms with E-state index in [1.807, 2.05) is 6.92 Å². The van der Waals surface area contributed by atoms with E-state index in [0.717, 1.165) is 16.8 Å². The molecule has 1 fully saturated rings. The Bertz CT molecular complexity index is 1140. The molecule has 2 aliphatic rings. The Morgan fingerprint density at radius 3 is 2.44 bits per heavy atom. The smallest absolute Gasteiger partial charge is 0.246 e. The molecule has 2 N–H and O–H groups in total. The molecule has 3 aromatic rings. The van der Waals surface area contributed by atoms with Gasteiger partial charge >= 0.3 is 0 Å². The van der Waals surface area contributed by atoms with Gasteiger partial charge in [0.2, 0.25) is 11.9 Å². The third-order valence-corrected chi connectivity index (χ3v) is 6.03. The summed E-state index contributed by atoms with van der Waals surface area (Å²) >= 11 is 0. The molecule has 2 aromatic heterocycles. The normalized spacial score (nSPS) is 17.4. The monoisotopic (exact) mass is 437 g/mol. The zero-order valence-electron chi connectivity index (χ0n) is 17.3. The van der Waals surface area contributed by atoms with E-state index in [0.29, 0.717) is 37.4 Å². The van der Waals surface area contributed by atoms with E-state index in [1.54, 1.807) is 29.6 Å². The molecule has 32 heavy (non-hydrogen) atoms. The number of nitrogens with zero attached hydrogens (tertiary/aromatic N) is 5. The molecule has 1 saturated heterocycles. The lowest BCUT2D eigenvalue weighted by molar-refractivity contribution is -0.133. The number of aromatic nitrogens is 5. The van der Waals surface area contributed by atoms with Gasteiger partial charge in [0.15, 0.2) is 11.6 Å². The average Bonchev–Trinajstić information content (AvgIpc) is 3.41. The minimum absolute atomic E-state index is 0.0281. The van der Waals surface area contributed by atoms with E-state index in [1.165, 1.54) is 18.2 Å². The summed E-state index contributed by atoms with van der Waals surface area (Å²) in [6.07, 6.45) is 9.34. The van der Waals surface area contributed by atoms with Crippen molar-refractivity contribution in [2.75, 3.05) is 18.4 Å². The van der Waals surface area contributed by atoms with Gasteiger partial charge in [-0.25, -0.2) is 18.7 Å². The Hall–Kier alpha value is -3.69. The molecule has 0 radical (unpaired) electrons. The van der Waals surface area contributed by atoms with Gasteiger partial charge in [-0.2, -0.15) is 0 Å². The van der Waals surface area contributed by atoms with Gasteiger partial charge in [-0.1, -0.05) is 12.1 Å². The van der Waals surface area contributed by atoms with Crippen LogP contribution in [0.25, 0.3) is 6.08 Å². The summed E-state index contributed by atoms with van der Waals surface area (Å²) in [4.78, 5) is 22.7. The number of nitrogens with one attached hydrogen (secondary N) is 2. The number of H-pyrrole nitrogens is 1. The summed E-state index contributed by atoms with van der Waals surface area (Å²) < 4.78 is 26.8. The first-order chi connectivity index (χ1) is 15.4. The molecule has 0 unspecified atom stereocenters. The number of halogens is 2. The standard InChI is InChI=1S/C22H21F2N7O/c1-22(19-10-27-30-29-19)11-31(12-22)20(32)3-2-13-8-25-21(26-9-13)28-16-4-14-6-17(23)18(24)7-15(14)5-16/h2-3,6-10,16H,4-5,11-12H2,1H3,(H,25,26,28)(H,27,29,30)/b3-2+. The highest BCUT2D eigenvalue weighted by molar-refractivity contribution is 5.92. The molecule has 1 amide bonds. The average molecular weight is 437 g/mol. The highest BCUT2D eigenvalue weighted by Gasteiger charge is 2.43. The van der Waals surface area contributed by atoms with Crippen molar-refractivity contribution in [2.45, 2.75) is 31.2 Å². The van der Waals surface area contributed by atoms with Gasteiger partial charge < -0.3 is 10.2 Å². The van der Waals surface area contributed by atoms with Gasteiger partial charge in [0.05, 0.1) is 5.69 Å². The van der Waals surface area contributed by atoms with Crippen LogP contribution in [0.5, 0.6) is 0 Å². The Balaban J connectivity index is 1.14. The van der Waals surface area contributed by atoms with Crippen molar-refractivity contribution in [3.63, 3.8) is 0 Å². The number of benzene rings is 1. The zero-order valence-corrected chi connectivity index (χ0v) is 17.3. The Morgan fingerprint density at radius 1 is 1.19 bits per heavy atom. The van der Waals surface area contributed by atoms with E-state index in [9.17, 15) is 13.6 Å². The number of hydrogen-bond donors (Lipinski definition) is 2. The fourth-order valence-electron chi connectivity index (χ4n) is 4.28. The van der Waals surface area contributed by atoms with E-state index < -0.39 is 11.6 Å². The van der Waals surface area contributed by atoms with Crippen LogP contribution in [0, 0.1) is 11.6 Å². The highest BCUT2D eigenvalue weighted by atomic mass is 19.2. The van der Waals surface area contributed by atoms with Crippen molar-refractivity contribution >= 4 is 17.9 Å². The van der Waals surface area contributed by atoms with Gasteiger partial charge in [-0.3, -0.25) is 9.89 Å². The maximum Gasteiger partial charge on any atom is 0.246 e. The third kappa shape index (κ3) is 3.83. The number of fused-ring (bicyclic) bond motifs is 1. The maximum absolute atomic E-state index is 13.4. The van der Waals surface area contributed by atoms with Crippen LogP contribution in [0.3, 0.4) is 0 Å². The lowest BCUT2D eigenvalue weighted by Gasteiger charge is -2.46. The lowest BCUT2D eigenvalue weighted by atomic mass is 9.79. The van der Waals surface area contributed by atoms with E-state index in [2.05, 4.69) is 30.7 Å². The number of anilines is 1. The van der Waals surface area contributed by atoms with Gasteiger partial charge in [0, 0.05) is 54.8 Å². The van der Waals surface area contributed by atoms with Crippen molar-refractivity contribution in [3.05, 3.63) is 70.8 Å². The number of carbonyl (C=O) groups excluding carboxylic acids is 1. The zero-order chi connectivity index (χ0) is 22.3. The van der Waals surface area contributed by atoms with Crippen molar-refractivity contribution in [2.24, 2.45) is 0 Å². The molecular weight excluding hydrogens is 416 g/mol. The highest BCUT2D eigenvalue weighted by Crippen LogP contribution is 2.32. The van der Waals surface area contributed by atoms with Crippen LogP contribution >= 0.6 is 0 Å². The predicted octanol–water partition coefficient (Wildman–Crippen LogP) is 2.27. The molecular formula is C22H21F2N7O. The summed E-state index contributed by atoms with van der Waals surface area (Å²) in [5.74, 6) is -1.31. The Morgan fingerprint density at radius 2 is 1.84 bits per heavy atom. The van der Waals surface area contributed by atoms with Crippen molar-refractivity contribution < 1.29 is 13.6 Å². The molecule has 1 aromatic carbocycles. The van der Waals surface area contributed by atoms with E-state index in [4.69, 9.17) is 0 Å². The fraction of sp³-hybridized carbons (Fsp3) is 0.318. The second-order valence-corrected chi connectivity index (χ2v) is 8.57. The van der Waals surface area contributed by atoms with Gasteiger partial charge in [-0.15, -0.1) is 5.10 Å². The number of aromatic amines is 1. The molecule has 0 saturated carbocycles. The van der Waals surface area contributed by atoms with Crippen LogP contribution < -0.4 is 5.32 Å². The van der Waals surface area contributed by atoms with Crippen LogP contribution in [0.2, 0.25) is 0 Å². The molecule has 1 aliphatic carbocycles. The van der Waals surface area contributed by atoms with Crippen molar-refractivity contribution in [1.29, 1.82) is 0 Å². The molecule has 0 bridgehead atoms. The van der Waals surface area contributed by atoms with Gasteiger partial charge in [0.1, 0.15) is 0 Å². The third-order valence-electron chi connectivity index (χ3n) is 6.03. The van der Waals surface area contributed by atoms with Gasteiger partial charge in [0.25, 0.3) is 0 Å². The van der Waals surface area contributed by atoms with E-state index in [-0.39, 0.29) is 17.4 Å². The number of likely N-dealkylation sites (tertiary alicyclic amines) is 1. The quantitative estimate of drug-likeness (QED) is 0.594. The van der Waals surface area contributed by atoms with Crippen molar-refractivity contribution in [1.82, 2.24) is 30.3 Å². The van der Waals surface area contributed by atoms with Crippen LogP contribution in [0.15, 0.2) is 36.8 Å². The maximum atomic E-state index is 13.4. The SMILES string of the molecule is CC1(c2c[nH]nn2)CN(C(=O)/C=C/c2cnc(NC3Cc4cc(F)c(F)cc4C3)nc2)C1. The summed E-state index contributed by atoms with van der Waals surface area (Å²) in [5, 5.41) is 13.7. The molecule has 1 aliphatic heterocycles.